The number of methoxy groups -OCH3 is 1. The van der Waals surface area contributed by atoms with E-state index >= 15 is 0 Å². The van der Waals surface area contributed by atoms with Crippen molar-refractivity contribution in [1.82, 2.24) is 5.43 Å². The number of ketones is 1. The Hall–Kier alpha value is -2.89. The molecular weight excluding hydrogens is 296 g/mol. The van der Waals surface area contributed by atoms with Crippen molar-refractivity contribution in [3.63, 3.8) is 0 Å². The third kappa shape index (κ3) is 2.75. The Labute approximate surface area is 133 Å². The molecule has 1 N–H and O–H groups in total. The predicted octanol–water partition coefficient (Wildman–Crippen LogP) is 2.06. The van der Waals surface area contributed by atoms with Crippen LogP contribution in [0.2, 0.25) is 0 Å². The number of esters is 1. The first kappa shape index (κ1) is 15.0. The summed E-state index contributed by atoms with van der Waals surface area (Å²) >= 11 is 0. The minimum absolute atomic E-state index is 0.182. The number of ether oxygens (including phenoxy) is 1. The van der Waals surface area contributed by atoms with E-state index in [1.807, 2.05) is 31.2 Å². The number of hydrogen-bond donors (Lipinski definition) is 1. The van der Waals surface area contributed by atoms with Crippen LogP contribution >= 0.6 is 0 Å². The summed E-state index contributed by atoms with van der Waals surface area (Å²) < 4.78 is 9.96. The first-order valence-electron chi connectivity index (χ1n) is 7.17. The number of nitrogens with one attached hydrogen (secondary N) is 1. The van der Waals surface area contributed by atoms with E-state index in [1.165, 1.54) is 13.4 Å². The minimum atomic E-state index is -0.710. The molecule has 1 aliphatic rings. The highest BCUT2D eigenvalue weighted by molar-refractivity contribution is 6.40. The number of hydrogen-bond acceptors (Lipinski definition) is 6. The van der Waals surface area contributed by atoms with Crippen LogP contribution in [0.5, 0.6) is 0 Å². The van der Waals surface area contributed by atoms with Gasteiger partial charge in [0.2, 0.25) is 5.78 Å². The number of benzene rings is 1. The lowest BCUT2D eigenvalue weighted by molar-refractivity contribution is -0.132. The van der Waals surface area contributed by atoms with E-state index in [-0.39, 0.29) is 17.3 Å². The molecule has 2 heterocycles. The summed E-state index contributed by atoms with van der Waals surface area (Å²) in [7, 11) is 1.29. The van der Waals surface area contributed by atoms with Crippen molar-refractivity contribution in [2.75, 3.05) is 7.11 Å². The Morgan fingerprint density at radius 2 is 1.96 bits per heavy atom. The van der Waals surface area contributed by atoms with Crippen LogP contribution in [0.15, 0.2) is 52.2 Å². The van der Waals surface area contributed by atoms with Gasteiger partial charge in [-0.25, -0.2) is 4.79 Å². The predicted molar refractivity (Wildman–Crippen MR) is 83.3 cm³/mol. The highest BCUT2D eigenvalue weighted by Crippen LogP contribution is 2.29. The van der Waals surface area contributed by atoms with Crippen LogP contribution in [-0.4, -0.2) is 30.6 Å². The van der Waals surface area contributed by atoms with Crippen molar-refractivity contribution in [2.45, 2.75) is 18.9 Å². The lowest BCUT2D eigenvalue weighted by Crippen LogP contribution is -2.37. The van der Waals surface area contributed by atoms with Crippen LogP contribution in [0, 0.1) is 6.92 Å². The quantitative estimate of drug-likeness (QED) is 0.690. The van der Waals surface area contributed by atoms with Gasteiger partial charge in [-0.3, -0.25) is 10.2 Å². The first-order valence-corrected chi connectivity index (χ1v) is 7.17. The van der Waals surface area contributed by atoms with Crippen LogP contribution < -0.4 is 5.43 Å². The molecule has 0 saturated carbocycles. The SMILES string of the molecule is COC(=O)C1=NNC(C(=O)c2ccco2)C1c1ccc(C)cc1. The summed E-state index contributed by atoms with van der Waals surface area (Å²) in [6.07, 6.45) is 1.44. The highest BCUT2D eigenvalue weighted by Gasteiger charge is 2.42. The van der Waals surface area contributed by atoms with Crippen molar-refractivity contribution in [3.8, 4) is 0 Å². The topological polar surface area (TPSA) is 80.9 Å². The summed E-state index contributed by atoms with van der Waals surface area (Å²) in [5.74, 6) is -1.12. The van der Waals surface area contributed by atoms with Gasteiger partial charge in [-0.1, -0.05) is 29.8 Å². The standard InChI is InChI=1S/C17H16N2O4/c1-10-5-7-11(8-6-10)13-14(16(20)12-4-3-9-23-12)18-19-15(13)17(21)22-2/h3-9,13-14,18H,1-2H3. The Kier molecular flexibility index (Phi) is 3.97. The van der Waals surface area contributed by atoms with Crippen LogP contribution in [-0.2, 0) is 9.53 Å². The van der Waals surface area contributed by atoms with Gasteiger partial charge < -0.3 is 9.15 Å². The number of carbonyl (C=O) groups is 2. The van der Waals surface area contributed by atoms with Gasteiger partial charge in [0.25, 0.3) is 0 Å². The van der Waals surface area contributed by atoms with Crippen molar-refractivity contribution >= 4 is 17.5 Å². The Morgan fingerprint density at radius 3 is 2.57 bits per heavy atom. The van der Waals surface area contributed by atoms with Gasteiger partial charge in [-0.2, -0.15) is 5.10 Å². The van der Waals surface area contributed by atoms with E-state index < -0.39 is 17.9 Å². The normalized spacial score (nSPS) is 19.8. The molecule has 118 valence electrons. The summed E-state index contributed by atoms with van der Waals surface area (Å²) in [5.41, 5.74) is 4.84. The Balaban J connectivity index is 1.98. The van der Waals surface area contributed by atoms with Gasteiger partial charge in [0.1, 0.15) is 6.04 Å². The molecule has 2 unspecified atom stereocenters. The second-order valence-electron chi connectivity index (χ2n) is 5.33. The van der Waals surface area contributed by atoms with E-state index in [9.17, 15) is 9.59 Å². The molecular formula is C17H16N2O4. The summed E-state index contributed by atoms with van der Waals surface area (Å²) in [5, 5.41) is 4.03. The van der Waals surface area contributed by atoms with Crippen LogP contribution in [0.4, 0.5) is 0 Å². The monoisotopic (exact) mass is 312 g/mol. The fourth-order valence-electron chi connectivity index (χ4n) is 2.62. The maximum absolute atomic E-state index is 12.6. The van der Waals surface area contributed by atoms with Crippen molar-refractivity contribution in [2.24, 2.45) is 5.10 Å². The number of carbonyl (C=O) groups excluding carboxylic acids is 2. The van der Waals surface area contributed by atoms with E-state index in [0.29, 0.717) is 0 Å². The number of nitrogens with zero attached hydrogens (tertiary/aromatic N) is 1. The largest absolute Gasteiger partial charge is 0.464 e. The molecule has 6 nitrogen and oxygen atoms in total. The van der Waals surface area contributed by atoms with Gasteiger partial charge in [-0.15, -0.1) is 0 Å². The average Bonchev–Trinajstić information content (AvgIpc) is 3.24. The van der Waals surface area contributed by atoms with Crippen LogP contribution in [0.25, 0.3) is 0 Å². The lowest BCUT2D eigenvalue weighted by atomic mass is 9.85. The molecule has 0 amide bonds. The molecule has 0 bridgehead atoms. The number of hydrazone groups is 1. The zero-order valence-corrected chi connectivity index (χ0v) is 12.8. The van der Waals surface area contributed by atoms with Crippen molar-refractivity contribution in [1.29, 1.82) is 0 Å². The molecule has 6 heteroatoms. The van der Waals surface area contributed by atoms with Crippen LogP contribution in [0.3, 0.4) is 0 Å². The zero-order valence-electron chi connectivity index (χ0n) is 12.8. The molecule has 0 spiro atoms. The summed E-state index contributed by atoms with van der Waals surface area (Å²) in [6, 6.07) is 10.1. The van der Waals surface area contributed by atoms with Crippen molar-refractivity contribution < 1.29 is 18.7 Å². The summed E-state index contributed by atoms with van der Waals surface area (Å²) in [4.78, 5) is 24.6. The zero-order chi connectivity index (χ0) is 16.4. The Morgan fingerprint density at radius 1 is 1.22 bits per heavy atom. The molecule has 2 atom stereocenters. The van der Waals surface area contributed by atoms with Gasteiger partial charge in [0, 0.05) is 0 Å². The fourth-order valence-corrected chi connectivity index (χ4v) is 2.62. The molecule has 1 aromatic heterocycles. The first-order chi connectivity index (χ1) is 11.1. The van der Waals surface area contributed by atoms with E-state index in [0.717, 1.165) is 11.1 Å². The highest BCUT2D eigenvalue weighted by atomic mass is 16.5. The maximum atomic E-state index is 12.6. The molecule has 2 aromatic rings. The molecule has 1 aliphatic heterocycles. The molecule has 3 rings (SSSR count). The number of Topliss-reactive ketones (excluding diaryl/α,β-unsaturated/α-hetero) is 1. The van der Waals surface area contributed by atoms with Gasteiger partial charge >= 0.3 is 5.97 Å². The fraction of sp³-hybridized carbons (Fsp3) is 0.235. The smallest absolute Gasteiger partial charge is 0.354 e. The van der Waals surface area contributed by atoms with Crippen LogP contribution in [0.1, 0.15) is 27.6 Å². The van der Waals surface area contributed by atoms with E-state index in [2.05, 4.69) is 10.5 Å². The number of rotatable bonds is 4. The molecule has 1 aromatic carbocycles. The average molecular weight is 312 g/mol. The molecule has 23 heavy (non-hydrogen) atoms. The lowest BCUT2D eigenvalue weighted by Gasteiger charge is -2.18. The third-order valence-electron chi connectivity index (χ3n) is 3.83. The molecule has 0 radical (unpaired) electrons. The van der Waals surface area contributed by atoms with E-state index in [1.54, 1.807) is 12.1 Å². The Bertz CT molecular complexity index is 747. The van der Waals surface area contributed by atoms with Gasteiger partial charge in [-0.05, 0) is 24.6 Å². The maximum Gasteiger partial charge on any atom is 0.354 e. The second kappa shape index (κ2) is 6.08. The molecule has 0 saturated heterocycles. The van der Waals surface area contributed by atoms with Gasteiger partial charge in [0.05, 0.1) is 19.3 Å². The summed E-state index contributed by atoms with van der Waals surface area (Å²) in [6.45, 7) is 1.97. The van der Waals surface area contributed by atoms with E-state index in [4.69, 9.17) is 9.15 Å². The second-order valence-corrected chi connectivity index (χ2v) is 5.33. The van der Waals surface area contributed by atoms with Crippen molar-refractivity contribution in [3.05, 3.63) is 59.5 Å². The number of aryl methyl sites for hydroxylation is 1. The van der Waals surface area contributed by atoms with Gasteiger partial charge in [0.15, 0.2) is 11.5 Å². The minimum Gasteiger partial charge on any atom is -0.464 e. The molecule has 0 aliphatic carbocycles. The number of furan rings is 1. The molecule has 0 fully saturated rings. The third-order valence-corrected chi connectivity index (χ3v) is 3.83.